The Morgan fingerprint density at radius 3 is 2.55 bits per heavy atom. The van der Waals surface area contributed by atoms with E-state index in [0.717, 1.165) is 0 Å². The van der Waals surface area contributed by atoms with Crippen molar-refractivity contribution in [3.05, 3.63) is 41.7 Å². The van der Waals surface area contributed by atoms with Gasteiger partial charge < -0.3 is 9.64 Å². The number of ether oxygens (including phenoxy) is 1. The predicted molar refractivity (Wildman–Crippen MR) is 105 cm³/mol. The number of likely N-dealkylation sites (N-methyl/N-ethyl adjacent to an activating group) is 1. The lowest BCUT2D eigenvalue weighted by Gasteiger charge is -2.29. The molecule has 9 nitrogen and oxygen atoms in total. The fourth-order valence-electron chi connectivity index (χ4n) is 3.36. The predicted octanol–water partition coefficient (Wildman–Crippen LogP) is 1.16. The number of nitrogens with zero attached hydrogens (tertiary/aromatic N) is 4. The van der Waals surface area contributed by atoms with E-state index < -0.39 is 27.8 Å². The molecule has 0 unspecified atom stereocenters. The maximum absolute atomic E-state index is 12.8. The molecule has 10 heteroatoms. The highest BCUT2D eigenvalue weighted by Gasteiger charge is 2.36. The van der Waals surface area contributed by atoms with Crippen LogP contribution < -0.4 is 0 Å². The third kappa shape index (κ3) is 4.64. The summed E-state index contributed by atoms with van der Waals surface area (Å²) in [5.74, 6) is -1.16. The third-order valence-corrected chi connectivity index (χ3v) is 6.62. The highest BCUT2D eigenvalue weighted by Crippen LogP contribution is 2.19. The van der Waals surface area contributed by atoms with E-state index in [0.29, 0.717) is 24.3 Å². The number of sulfone groups is 1. The summed E-state index contributed by atoms with van der Waals surface area (Å²) >= 11 is 0. The Bertz CT molecular complexity index is 1000. The zero-order valence-electron chi connectivity index (χ0n) is 16.6. The number of carbonyl (C=O) groups excluding carboxylic acids is 2. The maximum atomic E-state index is 12.8. The van der Waals surface area contributed by atoms with Gasteiger partial charge in [-0.2, -0.15) is 9.90 Å². The lowest BCUT2D eigenvalue weighted by molar-refractivity contribution is -0.141. The van der Waals surface area contributed by atoms with Crippen molar-refractivity contribution in [3.8, 4) is 5.69 Å². The van der Waals surface area contributed by atoms with Gasteiger partial charge in [-0.25, -0.2) is 13.2 Å². The first kappa shape index (κ1) is 21.0. The Morgan fingerprint density at radius 2 is 1.97 bits per heavy atom. The van der Waals surface area contributed by atoms with E-state index in [1.54, 1.807) is 26.0 Å². The highest BCUT2D eigenvalue weighted by molar-refractivity contribution is 7.91. The summed E-state index contributed by atoms with van der Waals surface area (Å²) in [6, 6.07) is 8.73. The molecule has 0 saturated carbocycles. The standard InChI is InChI=1S/C19H24N4O5S/c1-4-22(16-10-11-29(26,27)12-16)18(24)14(3)28-19(25)17-13(2)20-23(21-17)15-8-6-5-7-9-15/h5-9,14,16H,4,10-12H2,1-3H3/t14-,16-/m1/s1. The van der Waals surface area contributed by atoms with Gasteiger partial charge in [0.2, 0.25) is 0 Å². The van der Waals surface area contributed by atoms with Crippen LogP contribution in [0.1, 0.15) is 36.5 Å². The van der Waals surface area contributed by atoms with Gasteiger partial charge in [-0.1, -0.05) is 18.2 Å². The Hall–Kier alpha value is -2.75. The minimum Gasteiger partial charge on any atom is -0.448 e. The monoisotopic (exact) mass is 420 g/mol. The van der Waals surface area contributed by atoms with Gasteiger partial charge in [0.05, 0.1) is 22.9 Å². The zero-order valence-corrected chi connectivity index (χ0v) is 17.4. The molecule has 0 N–H and O–H groups in total. The van der Waals surface area contributed by atoms with Gasteiger partial charge in [0, 0.05) is 12.6 Å². The van der Waals surface area contributed by atoms with Gasteiger partial charge in [-0.05, 0) is 39.3 Å². The maximum Gasteiger partial charge on any atom is 0.361 e. The van der Waals surface area contributed by atoms with Crippen molar-refractivity contribution in [2.45, 2.75) is 39.3 Å². The van der Waals surface area contributed by atoms with Gasteiger partial charge in [-0.3, -0.25) is 4.79 Å². The van der Waals surface area contributed by atoms with Crippen molar-refractivity contribution in [2.24, 2.45) is 0 Å². The lowest BCUT2D eigenvalue weighted by Crippen LogP contribution is -2.46. The van der Waals surface area contributed by atoms with Crippen LogP contribution >= 0.6 is 0 Å². The second kappa shape index (κ2) is 8.32. The number of hydrogen-bond acceptors (Lipinski definition) is 7. The minimum atomic E-state index is -3.13. The SMILES string of the molecule is CCN(C(=O)[C@@H](C)OC(=O)c1nn(-c2ccccc2)nc1C)[C@@H]1CCS(=O)(=O)C1. The number of carbonyl (C=O) groups is 2. The average molecular weight is 420 g/mol. The van der Waals surface area contributed by atoms with E-state index in [9.17, 15) is 18.0 Å². The Labute approximate surface area is 169 Å². The van der Waals surface area contributed by atoms with Crippen LogP contribution in [0, 0.1) is 6.92 Å². The minimum absolute atomic E-state index is 0.0278. The molecule has 3 rings (SSSR count). The molecular weight excluding hydrogens is 396 g/mol. The van der Waals surface area contributed by atoms with E-state index in [-0.39, 0.29) is 23.2 Å². The van der Waals surface area contributed by atoms with Crippen LogP contribution in [0.3, 0.4) is 0 Å². The summed E-state index contributed by atoms with van der Waals surface area (Å²) in [5.41, 5.74) is 1.10. The molecule has 0 radical (unpaired) electrons. The number of benzene rings is 1. The molecule has 156 valence electrons. The van der Waals surface area contributed by atoms with Gasteiger partial charge >= 0.3 is 5.97 Å². The molecule has 0 spiro atoms. The Balaban J connectivity index is 1.70. The summed E-state index contributed by atoms with van der Waals surface area (Å²) in [6.45, 7) is 5.22. The number of amides is 1. The molecule has 2 heterocycles. The van der Waals surface area contributed by atoms with Gasteiger partial charge in [0.1, 0.15) is 0 Å². The second-order valence-corrected chi connectivity index (χ2v) is 9.22. The van der Waals surface area contributed by atoms with E-state index in [1.807, 2.05) is 18.2 Å². The van der Waals surface area contributed by atoms with Crippen LogP contribution in [0.25, 0.3) is 5.69 Å². The summed E-state index contributed by atoms with van der Waals surface area (Å²) < 4.78 is 28.8. The first-order valence-electron chi connectivity index (χ1n) is 9.43. The first-order chi connectivity index (χ1) is 13.7. The molecule has 0 aliphatic carbocycles. The van der Waals surface area contributed by atoms with Crippen LogP contribution in [0.2, 0.25) is 0 Å². The third-order valence-electron chi connectivity index (χ3n) is 4.87. The smallest absolute Gasteiger partial charge is 0.361 e. The lowest BCUT2D eigenvalue weighted by atomic mass is 10.2. The van der Waals surface area contributed by atoms with E-state index in [4.69, 9.17) is 4.74 Å². The molecule has 1 saturated heterocycles. The molecule has 1 amide bonds. The van der Waals surface area contributed by atoms with Crippen LogP contribution in [0.4, 0.5) is 0 Å². The number of aromatic nitrogens is 3. The second-order valence-electron chi connectivity index (χ2n) is 6.99. The number of hydrogen-bond donors (Lipinski definition) is 0. The van der Waals surface area contributed by atoms with Crippen molar-refractivity contribution < 1.29 is 22.7 Å². The molecule has 1 aliphatic heterocycles. The topological polar surface area (TPSA) is 111 Å². The Kier molecular flexibility index (Phi) is 6.02. The van der Waals surface area contributed by atoms with Crippen molar-refractivity contribution in [1.82, 2.24) is 19.9 Å². The van der Waals surface area contributed by atoms with Gasteiger partial charge in [-0.15, -0.1) is 5.10 Å². The average Bonchev–Trinajstić information content (AvgIpc) is 3.25. The largest absolute Gasteiger partial charge is 0.448 e. The van der Waals surface area contributed by atoms with E-state index in [2.05, 4.69) is 10.2 Å². The summed E-state index contributed by atoms with van der Waals surface area (Å²) in [5, 5.41) is 8.41. The molecule has 1 fully saturated rings. The van der Waals surface area contributed by atoms with Crippen molar-refractivity contribution in [2.75, 3.05) is 18.1 Å². The van der Waals surface area contributed by atoms with E-state index in [1.165, 1.54) is 16.6 Å². The molecule has 29 heavy (non-hydrogen) atoms. The van der Waals surface area contributed by atoms with Crippen molar-refractivity contribution >= 4 is 21.7 Å². The van der Waals surface area contributed by atoms with E-state index >= 15 is 0 Å². The van der Waals surface area contributed by atoms with Crippen LogP contribution in [0.5, 0.6) is 0 Å². The summed E-state index contributed by atoms with van der Waals surface area (Å²) in [6.07, 6.45) is -0.667. The number of aryl methyl sites for hydroxylation is 1. The molecule has 0 bridgehead atoms. The quantitative estimate of drug-likeness (QED) is 0.645. The summed E-state index contributed by atoms with van der Waals surface area (Å²) in [7, 11) is -3.13. The highest BCUT2D eigenvalue weighted by atomic mass is 32.2. The van der Waals surface area contributed by atoms with Gasteiger partial charge in [0.15, 0.2) is 21.6 Å². The normalized spacial score (nSPS) is 18.9. The molecular formula is C19H24N4O5S. The van der Waals surface area contributed by atoms with Crippen LogP contribution in [0.15, 0.2) is 30.3 Å². The number of esters is 1. The molecule has 2 aromatic rings. The van der Waals surface area contributed by atoms with Gasteiger partial charge in [0.25, 0.3) is 5.91 Å². The summed E-state index contributed by atoms with van der Waals surface area (Å²) in [4.78, 5) is 28.1. The molecule has 1 aliphatic rings. The number of rotatable bonds is 6. The molecule has 2 atom stereocenters. The van der Waals surface area contributed by atoms with Crippen LogP contribution in [-0.2, 0) is 19.4 Å². The van der Waals surface area contributed by atoms with Crippen molar-refractivity contribution in [3.63, 3.8) is 0 Å². The number of para-hydroxylation sites is 1. The first-order valence-corrected chi connectivity index (χ1v) is 11.2. The zero-order chi connectivity index (χ0) is 21.2. The molecule has 1 aromatic heterocycles. The fraction of sp³-hybridized carbons (Fsp3) is 0.474. The van der Waals surface area contributed by atoms with Crippen LogP contribution in [-0.4, -0.2) is 70.4 Å². The van der Waals surface area contributed by atoms with Crippen molar-refractivity contribution in [1.29, 1.82) is 0 Å². The molecule has 1 aromatic carbocycles. The Morgan fingerprint density at radius 1 is 1.28 bits per heavy atom. The fourth-order valence-corrected chi connectivity index (χ4v) is 5.09.